The Labute approximate surface area is 192 Å². The lowest BCUT2D eigenvalue weighted by atomic mass is 10.2. The van der Waals surface area contributed by atoms with E-state index in [1.54, 1.807) is 0 Å². The van der Waals surface area contributed by atoms with Crippen LogP contribution >= 0.6 is 35.6 Å². The van der Waals surface area contributed by atoms with E-state index in [9.17, 15) is 0 Å². The van der Waals surface area contributed by atoms with Crippen LogP contribution in [0.4, 0.5) is 5.69 Å². The Kier molecular flexibility index (Phi) is 10.7. The molecule has 0 bridgehead atoms. The molecule has 0 aliphatic carbocycles. The van der Waals surface area contributed by atoms with Gasteiger partial charge in [-0.25, -0.2) is 0 Å². The Morgan fingerprint density at radius 3 is 2.79 bits per heavy atom. The summed E-state index contributed by atoms with van der Waals surface area (Å²) in [4.78, 5) is 9.76. The van der Waals surface area contributed by atoms with E-state index >= 15 is 0 Å². The number of unbranched alkanes of at least 4 members (excludes halogenated alkanes) is 1. The number of nitrogens with zero attached hydrogens (tertiary/aromatic N) is 3. The van der Waals surface area contributed by atoms with Gasteiger partial charge in [-0.3, -0.25) is 4.99 Å². The maximum atomic E-state index is 6.14. The number of rotatable bonds is 8. The van der Waals surface area contributed by atoms with Crippen LogP contribution in [0.2, 0.25) is 5.02 Å². The SMILES string of the molecule is CCNC(=NCCCCN1CCCC1)NC1CCN(c2cccc(Cl)c2)C1.I. The minimum Gasteiger partial charge on any atom is -0.369 e. The Morgan fingerprint density at radius 1 is 1.21 bits per heavy atom. The smallest absolute Gasteiger partial charge is 0.191 e. The number of hydrogen-bond donors (Lipinski definition) is 2. The molecule has 2 fully saturated rings. The number of benzene rings is 1. The number of halogens is 2. The lowest BCUT2D eigenvalue weighted by Crippen LogP contribution is -2.44. The fourth-order valence-corrected chi connectivity index (χ4v) is 4.13. The first kappa shape index (κ1) is 23.5. The summed E-state index contributed by atoms with van der Waals surface area (Å²) >= 11 is 6.14. The van der Waals surface area contributed by atoms with Gasteiger partial charge in [-0.15, -0.1) is 24.0 Å². The second-order valence-electron chi connectivity index (χ2n) is 7.57. The summed E-state index contributed by atoms with van der Waals surface area (Å²) in [6.07, 6.45) is 6.27. The van der Waals surface area contributed by atoms with E-state index in [0.29, 0.717) is 6.04 Å². The van der Waals surface area contributed by atoms with Crippen molar-refractivity contribution in [1.82, 2.24) is 15.5 Å². The van der Waals surface area contributed by atoms with Crippen LogP contribution in [0.5, 0.6) is 0 Å². The summed E-state index contributed by atoms with van der Waals surface area (Å²) < 4.78 is 0. The second-order valence-corrected chi connectivity index (χ2v) is 8.01. The molecular weight excluding hydrogens is 485 g/mol. The molecule has 1 atom stereocenters. The third kappa shape index (κ3) is 7.59. The molecule has 0 spiro atoms. The molecule has 28 heavy (non-hydrogen) atoms. The van der Waals surface area contributed by atoms with Crippen molar-refractivity contribution >= 4 is 47.2 Å². The molecule has 2 aliphatic rings. The predicted molar refractivity (Wildman–Crippen MR) is 132 cm³/mol. The lowest BCUT2D eigenvalue weighted by molar-refractivity contribution is 0.331. The molecule has 0 amide bonds. The van der Waals surface area contributed by atoms with Gasteiger partial charge in [0.25, 0.3) is 0 Å². The van der Waals surface area contributed by atoms with Crippen LogP contribution in [0.25, 0.3) is 0 Å². The third-order valence-electron chi connectivity index (χ3n) is 5.40. The largest absolute Gasteiger partial charge is 0.369 e. The van der Waals surface area contributed by atoms with E-state index in [1.807, 2.05) is 18.2 Å². The van der Waals surface area contributed by atoms with Crippen LogP contribution in [0.3, 0.4) is 0 Å². The van der Waals surface area contributed by atoms with Crippen LogP contribution < -0.4 is 15.5 Å². The Hall–Kier alpha value is -0.730. The summed E-state index contributed by atoms with van der Waals surface area (Å²) in [6, 6.07) is 8.55. The first-order valence-electron chi connectivity index (χ1n) is 10.5. The van der Waals surface area contributed by atoms with Crippen LogP contribution in [0, 0.1) is 0 Å². The van der Waals surface area contributed by atoms with Gasteiger partial charge < -0.3 is 20.4 Å². The maximum absolute atomic E-state index is 6.14. The second kappa shape index (κ2) is 12.8. The summed E-state index contributed by atoms with van der Waals surface area (Å²) in [5.74, 6) is 0.955. The van der Waals surface area contributed by atoms with Gasteiger partial charge in [0.1, 0.15) is 0 Å². The van der Waals surface area contributed by atoms with Crippen molar-refractivity contribution in [3.8, 4) is 0 Å². The molecule has 1 unspecified atom stereocenters. The molecule has 0 aromatic heterocycles. The van der Waals surface area contributed by atoms with Gasteiger partial charge in [0.15, 0.2) is 5.96 Å². The quantitative estimate of drug-likeness (QED) is 0.236. The minimum atomic E-state index is 0. The fourth-order valence-electron chi connectivity index (χ4n) is 3.94. The van der Waals surface area contributed by atoms with Gasteiger partial charge in [0.2, 0.25) is 0 Å². The van der Waals surface area contributed by atoms with Crippen LogP contribution in [0.15, 0.2) is 29.3 Å². The molecule has 0 saturated carbocycles. The fraction of sp³-hybridized carbons (Fsp3) is 0.667. The molecule has 7 heteroatoms. The number of likely N-dealkylation sites (tertiary alicyclic amines) is 1. The van der Waals surface area contributed by atoms with E-state index in [2.05, 4.69) is 33.4 Å². The van der Waals surface area contributed by atoms with Gasteiger partial charge >= 0.3 is 0 Å². The number of aliphatic imine (C=N–C) groups is 1. The number of nitrogens with one attached hydrogen (secondary N) is 2. The first-order chi connectivity index (χ1) is 13.2. The van der Waals surface area contributed by atoms with Crippen molar-refractivity contribution in [3.63, 3.8) is 0 Å². The van der Waals surface area contributed by atoms with Crippen molar-refractivity contribution in [1.29, 1.82) is 0 Å². The molecule has 2 aliphatic heterocycles. The Morgan fingerprint density at radius 2 is 2.04 bits per heavy atom. The highest BCUT2D eigenvalue weighted by Crippen LogP contribution is 2.23. The number of anilines is 1. The zero-order valence-corrected chi connectivity index (χ0v) is 20.1. The topological polar surface area (TPSA) is 42.9 Å². The predicted octanol–water partition coefficient (Wildman–Crippen LogP) is 3.97. The van der Waals surface area contributed by atoms with Gasteiger partial charge in [-0.1, -0.05) is 17.7 Å². The van der Waals surface area contributed by atoms with Crippen LogP contribution in [-0.2, 0) is 0 Å². The molecule has 1 aromatic rings. The van der Waals surface area contributed by atoms with Gasteiger partial charge in [0, 0.05) is 42.9 Å². The van der Waals surface area contributed by atoms with Gasteiger partial charge in [0.05, 0.1) is 0 Å². The summed E-state index contributed by atoms with van der Waals surface area (Å²) in [6.45, 7) is 9.76. The van der Waals surface area contributed by atoms with E-state index < -0.39 is 0 Å². The van der Waals surface area contributed by atoms with Gasteiger partial charge in [-0.05, 0) is 76.9 Å². The molecule has 3 rings (SSSR count). The monoisotopic (exact) mass is 519 g/mol. The molecular formula is C21H35ClIN5. The Bertz CT molecular complexity index is 606. The molecule has 2 N–H and O–H groups in total. The molecule has 2 saturated heterocycles. The van der Waals surface area contributed by atoms with Crippen molar-refractivity contribution in [2.45, 2.75) is 45.1 Å². The average molecular weight is 520 g/mol. The molecule has 158 valence electrons. The lowest BCUT2D eigenvalue weighted by Gasteiger charge is -2.20. The van der Waals surface area contributed by atoms with E-state index in [4.69, 9.17) is 16.6 Å². The highest BCUT2D eigenvalue weighted by atomic mass is 127. The van der Waals surface area contributed by atoms with E-state index in [1.165, 1.54) is 44.6 Å². The zero-order chi connectivity index (χ0) is 18.9. The van der Waals surface area contributed by atoms with Crippen LogP contribution in [0.1, 0.15) is 39.0 Å². The standard InChI is InChI=1S/C21H34ClN5.HI/c1-2-23-21(24-11-3-4-12-26-13-5-6-14-26)25-19-10-15-27(17-19)20-9-7-8-18(22)16-20;/h7-9,16,19H,2-6,10-15,17H2,1H3,(H2,23,24,25);1H. The normalized spacial score (nSPS) is 20.3. The zero-order valence-electron chi connectivity index (χ0n) is 17.0. The minimum absolute atomic E-state index is 0. The third-order valence-corrected chi connectivity index (χ3v) is 5.63. The van der Waals surface area contributed by atoms with Crippen molar-refractivity contribution in [2.24, 2.45) is 4.99 Å². The molecule has 2 heterocycles. The molecule has 5 nitrogen and oxygen atoms in total. The summed E-state index contributed by atoms with van der Waals surface area (Å²) in [5.41, 5.74) is 1.20. The average Bonchev–Trinajstić information content (AvgIpc) is 3.33. The maximum Gasteiger partial charge on any atom is 0.191 e. The molecule has 1 aromatic carbocycles. The first-order valence-corrected chi connectivity index (χ1v) is 10.9. The summed E-state index contributed by atoms with van der Waals surface area (Å²) in [5, 5.41) is 7.81. The van der Waals surface area contributed by atoms with Gasteiger partial charge in [-0.2, -0.15) is 0 Å². The van der Waals surface area contributed by atoms with Crippen LogP contribution in [-0.4, -0.2) is 62.7 Å². The van der Waals surface area contributed by atoms with Crippen molar-refractivity contribution < 1.29 is 0 Å². The van der Waals surface area contributed by atoms with E-state index in [0.717, 1.165) is 50.0 Å². The molecule has 0 radical (unpaired) electrons. The number of hydrogen-bond acceptors (Lipinski definition) is 3. The van der Waals surface area contributed by atoms with Crippen molar-refractivity contribution in [3.05, 3.63) is 29.3 Å². The van der Waals surface area contributed by atoms with Crippen molar-refractivity contribution in [2.75, 3.05) is 50.7 Å². The number of guanidine groups is 1. The van der Waals surface area contributed by atoms with E-state index in [-0.39, 0.29) is 24.0 Å². The summed E-state index contributed by atoms with van der Waals surface area (Å²) in [7, 11) is 0. The highest BCUT2D eigenvalue weighted by Gasteiger charge is 2.23. The highest BCUT2D eigenvalue weighted by molar-refractivity contribution is 14.0. The Balaban J connectivity index is 0.00000280.